The van der Waals surface area contributed by atoms with Crippen LogP contribution in [-0.4, -0.2) is 37.9 Å². The molecule has 8 heteroatoms. The van der Waals surface area contributed by atoms with Crippen LogP contribution in [0.15, 0.2) is 28.2 Å². The molecule has 1 N–H and O–H groups in total. The average molecular weight is 376 g/mol. The summed E-state index contributed by atoms with van der Waals surface area (Å²) in [6.45, 7) is 5.74. The molecule has 2 aromatic heterocycles. The minimum Gasteiger partial charge on any atom is -0.467 e. The van der Waals surface area contributed by atoms with Crippen molar-refractivity contribution in [1.29, 1.82) is 0 Å². The van der Waals surface area contributed by atoms with Crippen molar-refractivity contribution >= 4 is 23.3 Å². The van der Waals surface area contributed by atoms with E-state index in [1.54, 1.807) is 22.4 Å². The molecule has 140 valence electrons. The van der Waals surface area contributed by atoms with Crippen molar-refractivity contribution in [1.82, 2.24) is 19.8 Å². The second kappa shape index (κ2) is 7.57. The summed E-state index contributed by atoms with van der Waals surface area (Å²) < 4.78 is 9.35. The van der Waals surface area contributed by atoms with Crippen molar-refractivity contribution in [2.75, 3.05) is 0 Å². The fraction of sp³-hybridized carbons (Fsp3) is 0.556. The van der Waals surface area contributed by atoms with E-state index in [0.717, 1.165) is 37.2 Å². The summed E-state index contributed by atoms with van der Waals surface area (Å²) in [5, 5.41) is 8.52. The Morgan fingerprint density at radius 2 is 2.08 bits per heavy atom. The minimum atomic E-state index is -0.832. The molecule has 0 spiro atoms. The molecule has 1 saturated carbocycles. The van der Waals surface area contributed by atoms with Crippen LogP contribution in [0.4, 0.5) is 0 Å². The predicted molar refractivity (Wildman–Crippen MR) is 97.7 cm³/mol. The van der Waals surface area contributed by atoms with Gasteiger partial charge in [-0.05, 0) is 57.3 Å². The van der Waals surface area contributed by atoms with Crippen LogP contribution >= 0.6 is 11.5 Å². The Kier molecular flexibility index (Phi) is 5.41. The van der Waals surface area contributed by atoms with Crippen molar-refractivity contribution < 1.29 is 14.0 Å². The van der Waals surface area contributed by atoms with Gasteiger partial charge in [-0.25, -0.2) is 0 Å². The van der Waals surface area contributed by atoms with E-state index in [1.165, 1.54) is 6.26 Å². The molecule has 26 heavy (non-hydrogen) atoms. The van der Waals surface area contributed by atoms with Crippen molar-refractivity contribution in [3.63, 3.8) is 0 Å². The van der Waals surface area contributed by atoms with E-state index in [4.69, 9.17) is 4.42 Å². The third-order valence-corrected chi connectivity index (χ3v) is 4.87. The fourth-order valence-corrected chi connectivity index (χ4v) is 3.77. The third-order valence-electron chi connectivity index (χ3n) is 4.37. The summed E-state index contributed by atoms with van der Waals surface area (Å²) in [5.41, 5.74) is -0.156. The first-order chi connectivity index (χ1) is 12.4. The lowest BCUT2D eigenvalue weighted by Gasteiger charge is -2.35. The van der Waals surface area contributed by atoms with Crippen molar-refractivity contribution in [2.45, 2.75) is 64.1 Å². The molecule has 2 amide bonds. The Labute approximate surface area is 156 Å². The van der Waals surface area contributed by atoms with E-state index in [1.807, 2.05) is 20.8 Å². The van der Waals surface area contributed by atoms with Gasteiger partial charge in [0.25, 0.3) is 11.8 Å². The Bertz CT molecular complexity index is 731. The highest BCUT2D eigenvalue weighted by Crippen LogP contribution is 2.33. The van der Waals surface area contributed by atoms with Crippen LogP contribution in [0.5, 0.6) is 0 Å². The van der Waals surface area contributed by atoms with Crippen LogP contribution in [0, 0.1) is 0 Å². The Hall–Kier alpha value is -2.22. The van der Waals surface area contributed by atoms with Gasteiger partial charge in [-0.3, -0.25) is 9.59 Å². The maximum atomic E-state index is 13.2. The predicted octanol–water partition coefficient (Wildman–Crippen LogP) is 3.17. The van der Waals surface area contributed by atoms with Gasteiger partial charge in [0.15, 0.2) is 11.7 Å². The second-order valence-corrected chi connectivity index (χ2v) is 8.21. The standard InChI is InChI=1S/C18H24N4O3S/c1-18(2,3)19-16(23)15(14-9-6-10-25-14)22(12-7-4-5-8-12)17(24)13-11-26-21-20-13/h6,9-12,15H,4-5,7-8H2,1-3H3,(H,19,23). The molecule has 0 bridgehead atoms. The highest BCUT2D eigenvalue weighted by molar-refractivity contribution is 7.03. The number of amides is 2. The molecule has 2 aromatic rings. The van der Waals surface area contributed by atoms with Gasteiger partial charge in [-0.1, -0.05) is 17.3 Å². The zero-order valence-electron chi connectivity index (χ0n) is 15.3. The van der Waals surface area contributed by atoms with Gasteiger partial charge in [-0.15, -0.1) is 5.10 Å². The van der Waals surface area contributed by atoms with Crippen molar-refractivity contribution in [3.05, 3.63) is 35.2 Å². The number of rotatable bonds is 5. The van der Waals surface area contributed by atoms with Gasteiger partial charge in [0.05, 0.1) is 6.26 Å². The third kappa shape index (κ3) is 4.12. The molecule has 7 nitrogen and oxygen atoms in total. The summed E-state index contributed by atoms with van der Waals surface area (Å²) in [6.07, 6.45) is 5.33. The summed E-state index contributed by atoms with van der Waals surface area (Å²) in [5.74, 6) is -0.0813. The second-order valence-electron chi connectivity index (χ2n) is 7.60. The van der Waals surface area contributed by atoms with Crippen LogP contribution in [0.25, 0.3) is 0 Å². The number of furan rings is 1. The maximum Gasteiger partial charge on any atom is 0.276 e. The topological polar surface area (TPSA) is 88.3 Å². The highest BCUT2D eigenvalue weighted by Gasteiger charge is 2.41. The molecule has 1 atom stereocenters. The van der Waals surface area contributed by atoms with E-state index < -0.39 is 11.6 Å². The number of nitrogens with zero attached hydrogens (tertiary/aromatic N) is 3. The number of carbonyl (C=O) groups excluding carboxylic acids is 2. The van der Waals surface area contributed by atoms with Crippen molar-refractivity contribution in [2.24, 2.45) is 0 Å². The lowest BCUT2D eigenvalue weighted by molar-refractivity contribution is -0.128. The van der Waals surface area contributed by atoms with Gasteiger partial charge in [0.2, 0.25) is 0 Å². The van der Waals surface area contributed by atoms with Crippen molar-refractivity contribution in [3.8, 4) is 0 Å². The largest absolute Gasteiger partial charge is 0.467 e. The number of nitrogens with one attached hydrogen (secondary N) is 1. The SMILES string of the molecule is CC(C)(C)NC(=O)C(c1ccco1)N(C(=O)c1csnn1)C1CCCC1. The molecular weight excluding hydrogens is 352 g/mol. The van der Waals surface area contributed by atoms with Gasteiger partial charge < -0.3 is 14.6 Å². The van der Waals surface area contributed by atoms with Gasteiger partial charge in [0.1, 0.15) is 5.76 Å². The maximum absolute atomic E-state index is 13.2. The van der Waals surface area contributed by atoms with E-state index in [2.05, 4.69) is 14.9 Å². The minimum absolute atomic E-state index is 0.0231. The van der Waals surface area contributed by atoms with Crippen LogP contribution in [0.1, 0.15) is 68.7 Å². The number of hydrogen-bond acceptors (Lipinski definition) is 6. The Morgan fingerprint density at radius 1 is 1.35 bits per heavy atom. The lowest BCUT2D eigenvalue weighted by atomic mass is 10.0. The van der Waals surface area contributed by atoms with E-state index >= 15 is 0 Å². The zero-order chi connectivity index (χ0) is 18.7. The first kappa shape index (κ1) is 18.6. The van der Waals surface area contributed by atoms with Crippen LogP contribution < -0.4 is 5.32 Å². The molecule has 0 aromatic carbocycles. The molecule has 0 saturated heterocycles. The molecule has 0 radical (unpaired) electrons. The molecular formula is C18H24N4O3S. The molecule has 3 rings (SSSR count). The monoisotopic (exact) mass is 376 g/mol. The summed E-state index contributed by atoms with van der Waals surface area (Å²) in [6, 6.07) is 2.61. The molecule has 1 unspecified atom stereocenters. The Morgan fingerprint density at radius 3 is 2.62 bits per heavy atom. The Balaban J connectivity index is 2.00. The average Bonchev–Trinajstić information content (AvgIpc) is 3.33. The molecule has 1 aliphatic rings. The lowest BCUT2D eigenvalue weighted by Crippen LogP contribution is -2.51. The summed E-state index contributed by atoms with van der Waals surface area (Å²) >= 11 is 1.12. The number of aromatic nitrogens is 2. The molecule has 1 fully saturated rings. The van der Waals surface area contributed by atoms with E-state index in [-0.39, 0.29) is 23.6 Å². The van der Waals surface area contributed by atoms with Gasteiger partial charge in [0, 0.05) is 17.0 Å². The quantitative estimate of drug-likeness (QED) is 0.866. The fourth-order valence-electron chi connectivity index (χ4n) is 3.34. The van der Waals surface area contributed by atoms with Gasteiger partial charge in [-0.2, -0.15) is 0 Å². The van der Waals surface area contributed by atoms with Crippen LogP contribution in [-0.2, 0) is 4.79 Å². The van der Waals surface area contributed by atoms with E-state index in [0.29, 0.717) is 5.76 Å². The summed E-state index contributed by atoms with van der Waals surface area (Å²) in [4.78, 5) is 28.0. The smallest absolute Gasteiger partial charge is 0.276 e. The van der Waals surface area contributed by atoms with Crippen LogP contribution in [0.3, 0.4) is 0 Å². The highest BCUT2D eigenvalue weighted by atomic mass is 32.1. The normalized spacial score (nSPS) is 16.4. The first-order valence-corrected chi connectivity index (χ1v) is 9.65. The zero-order valence-corrected chi connectivity index (χ0v) is 16.1. The number of carbonyl (C=O) groups is 2. The molecule has 0 aliphatic heterocycles. The first-order valence-electron chi connectivity index (χ1n) is 8.82. The molecule has 2 heterocycles. The summed E-state index contributed by atoms with van der Waals surface area (Å²) in [7, 11) is 0. The van der Waals surface area contributed by atoms with Crippen LogP contribution in [0.2, 0.25) is 0 Å². The molecule has 1 aliphatic carbocycles. The number of hydrogen-bond donors (Lipinski definition) is 1. The van der Waals surface area contributed by atoms with Gasteiger partial charge >= 0.3 is 0 Å². The van der Waals surface area contributed by atoms with E-state index in [9.17, 15) is 9.59 Å².